The van der Waals surface area contributed by atoms with Crippen LogP contribution in [0.25, 0.3) is 32.9 Å². The highest BCUT2D eigenvalue weighted by molar-refractivity contribution is 14.1. The van der Waals surface area contributed by atoms with Gasteiger partial charge in [-0.15, -0.1) is 6.42 Å². The largest absolute Gasteiger partial charge is 0.508 e. The number of rotatable bonds is 5. The van der Waals surface area contributed by atoms with Gasteiger partial charge in [0.05, 0.1) is 17.3 Å². The molecule has 2 aromatic heterocycles. The van der Waals surface area contributed by atoms with E-state index in [0.717, 1.165) is 12.8 Å². The quantitative estimate of drug-likeness (QED) is 0.127. The highest BCUT2D eigenvalue weighted by Crippen LogP contribution is 2.42. The van der Waals surface area contributed by atoms with E-state index in [4.69, 9.17) is 11.2 Å². The Labute approximate surface area is 257 Å². The van der Waals surface area contributed by atoms with E-state index in [1.807, 2.05) is 27.8 Å². The van der Waals surface area contributed by atoms with Gasteiger partial charge in [-0.2, -0.15) is 23.1 Å². The third-order valence-corrected chi connectivity index (χ3v) is 9.64. The third-order valence-electron chi connectivity index (χ3n) is 8.53. The number of terminal acetylenes is 1. The number of phenolic OH excluding ortho intramolecular Hbond substituents is 1. The standard InChI is InChI=1S/C30H25F4IN6O2/c1-2-15-4-3-5-16-8-19(42)9-20(24(15)16)26-25(31)27-21(10-36-26)28(40-11-17-6-7-18(12-40)37-17)39-29(38-27)43-14-23-22(13-41(23)35)30(32,33)34/h1,3-5,8-10,17-18,22-23,37,42H,6-7,11-14H2/t17?,18?,22-,23-/m1/s1. The lowest BCUT2D eigenvalue weighted by molar-refractivity contribution is -0.215. The van der Waals surface area contributed by atoms with Gasteiger partial charge in [0.25, 0.3) is 0 Å². The van der Waals surface area contributed by atoms with Crippen LogP contribution in [0.15, 0.2) is 36.5 Å². The minimum absolute atomic E-state index is 0.0818. The lowest BCUT2D eigenvalue weighted by Gasteiger charge is -2.44. The monoisotopic (exact) mass is 704 g/mol. The lowest BCUT2D eigenvalue weighted by Crippen LogP contribution is -2.59. The minimum atomic E-state index is -4.36. The Hall–Kier alpha value is -3.48. The normalized spacial score (nSPS) is 23.9. The van der Waals surface area contributed by atoms with Crippen LogP contribution < -0.4 is 15.0 Å². The first-order valence-corrected chi connectivity index (χ1v) is 14.8. The maximum Gasteiger partial charge on any atom is 0.394 e. The summed E-state index contributed by atoms with van der Waals surface area (Å²) in [6, 6.07) is 7.50. The molecule has 5 heterocycles. The molecule has 3 fully saturated rings. The van der Waals surface area contributed by atoms with Gasteiger partial charge in [0, 0.05) is 77.3 Å². The molecular formula is C30H25F4IN6O2. The van der Waals surface area contributed by atoms with E-state index < -0.39 is 24.0 Å². The highest BCUT2D eigenvalue weighted by atomic mass is 127. The van der Waals surface area contributed by atoms with Crippen molar-refractivity contribution in [2.75, 3.05) is 31.1 Å². The Balaban J connectivity index is 1.35. The first-order valence-electron chi connectivity index (χ1n) is 13.8. The molecule has 222 valence electrons. The number of nitrogens with one attached hydrogen (secondary N) is 1. The maximum atomic E-state index is 16.6. The van der Waals surface area contributed by atoms with Crippen LogP contribution in [-0.4, -0.2) is 73.7 Å². The average molecular weight is 704 g/mol. The van der Waals surface area contributed by atoms with Gasteiger partial charge in [-0.3, -0.25) is 4.98 Å². The molecule has 2 N–H and O–H groups in total. The summed E-state index contributed by atoms with van der Waals surface area (Å²) < 4.78 is 64.3. The Morgan fingerprint density at radius 2 is 1.91 bits per heavy atom. The summed E-state index contributed by atoms with van der Waals surface area (Å²) in [6.45, 7) is 0.794. The molecule has 2 unspecified atom stereocenters. The summed E-state index contributed by atoms with van der Waals surface area (Å²) >= 11 is 1.85. The molecule has 13 heteroatoms. The van der Waals surface area contributed by atoms with Crippen LogP contribution in [0.2, 0.25) is 0 Å². The second-order valence-electron chi connectivity index (χ2n) is 11.2. The predicted molar refractivity (Wildman–Crippen MR) is 162 cm³/mol. The van der Waals surface area contributed by atoms with Crippen molar-refractivity contribution >= 4 is 50.4 Å². The Kier molecular flexibility index (Phi) is 6.98. The number of hydrogen-bond acceptors (Lipinski definition) is 8. The summed E-state index contributed by atoms with van der Waals surface area (Å²) in [7, 11) is 0. The Bertz CT molecular complexity index is 1790. The van der Waals surface area contributed by atoms with Gasteiger partial charge >= 0.3 is 12.2 Å². The van der Waals surface area contributed by atoms with Crippen molar-refractivity contribution in [2.45, 2.75) is 37.1 Å². The predicted octanol–water partition coefficient (Wildman–Crippen LogP) is 5.20. The summed E-state index contributed by atoms with van der Waals surface area (Å²) in [5.74, 6) is 0.612. The number of pyridine rings is 1. The summed E-state index contributed by atoms with van der Waals surface area (Å²) in [4.78, 5) is 15.5. The van der Waals surface area contributed by atoms with Gasteiger partial charge in [-0.25, -0.2) is 7.50 Å². The number of fused-ring (bicyclic) bond motifs is 4. The number of aromatic hydroxyl groups is 1. The molecule has 0 saturated carbocycles. The van der Waals surface area contributed by atoms with Crippen molar-refractivity contribution in [3.05, 3.63) is 47.9 Å². The lowest BCUT2D eigenvalue weighted by atomic mass is 9.92. The number of anilines is 1. The molecule has 0 aliphatic carbocycles. The Morgan fingerprint density at radius 3 is 2.60 bits per heavy atom. The fraction of sp³-hybridized carbons (Fsp3) is 0.367. The van der Waals surface area contributed by atoms with E-state index >= 15 is 4.39 Å². The SMILES string of the molecule is C#Cc1cccc2cc(O)cc(-c3ncc4c(N5CC6CCC(C5)N6)nc(OC[C@@H]5[C@H](C(F)(F)F)CN5I)nc4c3F)c12. The Morgan fingerprint density at radius 1 is 1.14 bits per heavy atom. The molecule has 7 rings (SSSR count). The zero-order valence-corrected chi connectivity index (χ0v) is 24.7. The fourth-order valence-electron chi connectivity index (χ4n) is 6.38. The van der Waals surface area contributed by atoms with E-state index in [1.165, 1.54) is 21.4 Å². The molecule has 4 atom stereocenters. The van der Waals surface area contributed by atoms with Gasteiger partial charge in [0.1, 0.15) is 29.4 Å². The van der Waals surface area contributed by atoms with E-state index in [1.54, 1.807) is 18.2 Å². The second-order valence-corrected chi connectivity index (χ2v) is 12.4. The van der Waals surface area contributed by atoms with Gasteiger partial charge < -0.3 is 20.1 Å². The van der Waals surface area contributed by atoms with Crippen molar-refractivity contribution in [3.8, 4) is 35.4 Å². The van der Waals surface area contributed by atoms with Gasteiger partial charge in [0.2, 0.25) is 0 Å². The summed E-state index contributed by atoms with van der Waals surface area (Å²) in [6.07, 6.45) is 4.88. The van der Waals surface area contributed by atoms with Crippen LogP contribution in [0, 0.1) is 24.1 Å². The number of piperazine rings is 1. The topological polar surface area (TPSA) is 86.6 Å². The molecular weight excluding hydrogens is 679 g/mol. The number of benzene rings is 2. The van der Waals surface area contributed by atoms with Crippen LogP contribution >= 0.6 is 22.9 Å². The molecule has 8 nitrogen and oxygen atoms in total. The van der Waals surface area contributed by atoms with Crippen LogP contribution in [0.5, 0.6) is 11.8 Å². The van der Waals surface area contributed by atoms with Crippen LogP contribution in [0.3, 0.4) is 0 Å². The summed E-state index contributed by atoms with van der Waals surface area (Å²) in [5, 5.41) is 15.5. The van der Waals surface area contributed by atoms with E-state index in [0.29, 0.717) is 40.6 Å². The van der Waals surface area contributed by atoms with E-state index in [9.17, 15) is 18.3 Å². The van der Waals surface area contributed by atoms with Crippen molar-refractivity contribution in [1.29, 1.82) is 0 Å². The first-order chi connectivity index (χ1) is 20.6. The molecule has 3 aliphatic rings. The third kappa shape index (κ3) is 4.98. The first kappa shape index (κ1) is 28.3. The number of aromatic nitrogens is 3. The number of phenols is 1. The fourth-order valence-corrected chi connectivity index (χ4v) is 7.36. The number of nitrogens with zero attached hydrogens (tertiary/aromatic N) is 5. The molecule has 3 saturated heterocycles. The van der Waals surface area contributed by atoms with Crippen molar-refractivity contribution in [2.24, 2.45) is 5.92 Å². The van der Waals surface area contributed by atoms with E-state index in [2.05, 4.69) is 26.2 Å². The molecule has 3 aliphatic heterocycles. The second kappa shape index (κ2) is 10.6. The number of alkyl halides is 3. The van der Waals surface area contributed by atoms with E-state index in [-0.39, 0.29) is 53.8 Å². The van der Waals surface area contributed by atoms with Crippen LogP contribution in [0.4, 0.5) is 23.4 Å². The highest BCUT2D eigenvalue weighted by Gasteiger charge is 2.54. The maximum absolute atomic E-state index is 16.6. The van der Waals surface area contributed by atoms with Crippen LogP contribution in [-0.2, 0) is 0 Å². The van der Waals surface area contributed by atoms with Crippen molar-refractivity contribution in [3.63, 3.8) is 0 Å². The molecule has 2 bridgehead atoms. The molecule has 0 radical (unpaired) electrons. The molecule has 0 spiro atoms. The van der Waals surface area contributed by atoms with Gasteiger partial charge in [-0.1, -0.05) is 18.1 Å². The molecule has 2 aromatic carbocycles. The number of hydrogen-bond donors (Lipinski definition) is 2. The number of halogens is 5. The zero-order chi connectivity index (χ0) is 30.0. The van der Waals surface area contributed by atoms with Crippen molar-refractivity contribution < 1.29 is 27.4 Å². The summed E-state index contributed by atoms with van der Waals surface area (Å²) in [5.41, 5.74) is 0.619. The molecule has 4 aromatic rings. The zero-order valence-electron chi connectivity index (χ0n) is 22.6. The molecule has 0 amide bonds. The smallest absolute Gasteiger partial charge is 0.394 e. The minimum Gasteiger partial charge on any atom is -0.508 e. The average Bonchev–Trinajstić information content (AvgIpc) is 3.31. The van der Waals surface area contributed by atoms with Gasteiger partial charge in [0.15, 0.2) is 5.82 Å². The van der Waals surface area contributed by atoms with Gasteiger partial charge in [-0.05, 0) is 36.4 Å². The van der Waals surface area contributed by atoms with Crippen LogP contribution in [0.1, 0.15) is 18.4 Å². The molecule has 43 heavy (non-hydrogen) atoms. The van der Waals surface area contributed by atoms with Crippen molar-refractivity contribution in [1.82, 2.24) is 23.4 Å². The number of ether oxygens (including phenoxy) is 1.